The average Bonchev–Trinajstić information content (AvgIpc) is 2.93. The van der Waals surface area contributed by atoms with E-state index in [0.29, 0.717) is 18.1 Å². The Morgan fingerprint density at radius 3 is 2.70 bits per heavy atom. The molecule has 0 amide bonds. The quantitative estimate of drug-likeness (QED) is 0.794. The van der Waals surface area contributed by atoms with Gasteiger partial charge in [0, 0.05) is 23.2 Å². The largest absolute Gasteiger partial charge is 0.493 e. The molecular formula is C18H21NO4. The maximum atomic E-state index is 11.8. The van der Waals surface area contributed by atoms with Crippen LogP contribution in [0.3, 0.4) is 0 Å². The highest BCUT2D eigenvalue weighted by Gasteiger charge is 2.35. The molecule has 2 aromatic rings. The van der Waals surface area contributed by atoms with Gasteiger partial charge in [0.15, 0.2) is 11.5 Å². The fourth-order valence-electron chi connectivity index (χ4n) is 3.28. The third-order valence-corrected chi connectivity index (χ3v) is 4.56. The molecule has 1 saturated heterocycles. The van der Waals surface area contributed by atoms with Crippen molar-refractivity contribution in [1.82, 2.24) is 4.98 Å². The van der Waals surface area contributed by atoms with Crippen molar-refractivity contribution in [3.05, 3.63) is 30.1 Å². The van der Waals surface area contributed by atoms with Crippen LogP contribution in [-0.2, 0) is 16.0 Å². The lowest BCUT2D eigenvalue weighted by Gasteiger charge is -2.15. The molecular weight excluding hydrogens is 294 g/mol. The van der Waals surface area contributed by atoms with Crippen LogP contribution in [0.25, 0.3) is 10.8 Å². The fourth-order valence-corrected chi connectivity index (χ4v) is 3.28. The number of hydrogen-bond acceptors (Lipinski definition) is 5. The Morgan fingerprint density at radius 1 is 1.26 bits per heavy atom. The van der Waals surface area contributed by atoms with Gasteiger partial charge in [0.25, 0.3) is 0 Å². The lowest BCUT2D eigenvalue weighted by Crippen LogP contribution is -2.17. The number of pyridine rings is 1. The summed E-state index contributed by atoms with van der Waals surface area (Å²) < 4.78 is 16.0. The zero-order valence-corrected chi connectivity index (χ0v) is 13.7. The molecule has 2 heterocycles. The number of carbonyl (C=O) groups is 1. The van der Waals surface area contributed by atoms with Gasteiger partial charge in [-0.05, 0) is 36.4 Å². The first kappa shape index (κ1) is 15.6. The van der Waals surface area contributed by atoms with Gasteiger partial charge in [-0.1, -0.05) is 6.92 Å². The summed E-state index contributed by atoms with van der Waals surface area (Å²) in [6.07, 6.45) is 3.31. The molecule has 3 rings (SSSR count). The number of cyclic esters (lactones) is 1. The van der Waals surface area contributed by atoms with Gasteiger partial charge in [-0.2, -0.15) is 0 Å². The Kier molecular flexibility index (Phi) is 4.37. The summed E-state index contributed by atoms with van der Waals surface area (Å²) in [5.74, 6) is 1.44. The number of benzene rings is 1. The minimum atomic E-state index is -0.0861. The summed E-state index contributed by atoms with van der Waals surface area (Å²) in [4.78, 5) is 16.3. The van der Waals surface area contributed by atoms with E-state index < -0.39 is 0 Å². The van der Waals surface area contributed by atoms with Crippen molar-refractivity contribution in [3.8, 4) is 11.5 Å². The van der Waals surface area contributed by atoms with Crippen LogP contribution in [-0.4, -0.2) is 31.8 Å². The van der Waals surface area contributed by atoms with Crippen LogP contribution in [0.4, 0.5) is 0 Å². The molecule has 1 aliphatic heterocycles. The van der Waals surface area contributed by atoms with E-state index in [0.717, 1.165) is 29.3 Å². The van der Waals surface area contributed by atoms with Crippen LogP contribution in [0.2, 0.25) is 0 Å². The van der Waals surface area contributed by atoms with Crippen molar-refractivity contribution in [2.45, 2.75) is 19.8 Å². The highest BCUT2D eigenvalue weighted by atomic mass is 16.5. The second-order valence-corrected chi connectivity index (χ2v) is 5.79. The van der Waals surface area contributed by atoms with Crippen molar-refractivity contribution >= 4 is 16.7 Å². The number of nitrogens with zero attached hydrogens (tertiary/aromatic N) is 1. The van der Waals surface area contributed by atoms with Crippen LogP contribution in [0.5, 0.6) is 11.5 Å². The Bertz CT molecular complexity index is 728. The minimum Gasteiger partial charge on any atom is -0.493 e. The van der Waals surface area contributed by atoms with E-state index in [1.807, 2.05) is 25.1 Å². The summed E-state index contributed by atoms with van der Waals surface area (Å²) in [7, 11) is 3.25. The first-order chi connectivity index (χ1) is 11.2. The van der Waals surface area contributed by atoms with Gasteiger partial charge in [0.1, 0.15) is 0 Å². The molecule has 0 aliphatic carbocycles. The minimum absolute atomic E-state index is 0.0350. The highest BCUT2D eigenvalue weighted by Crippen LogP contribution is 2.35. The van der Waals surface area contributed by atoms with E-state index in [9.17, 15) is 4.79 Å². The van der Waals surface area contributed by atoms with Crippen LogP contribution in [0.15, 0.2) is 24.4 Å². The van der Waals surface area contributed by atoms with Crippen LogP contribution < -0.4 is 9.47 Å². The van der Waals surface area contributed by atoms with Crippen LogP contribution in [0.1, 0.15) is 19.0 Å². The standard InChI is InChI=1S/C18H21NO4/c1-4-13-12(10-23-18(13)20)7-15-14-9-17(22-3)16(21-2)8-11(14)5-6-19-15/h5-6,8-9,12-13H,4,7,10H2,1-3H3/t12-,13+/m1/s1. The first-order valence-corrected chi connectivity index (χ1v) is 7.84. The van der Waals surface area contributed by atoms with E-state index in [1.54, 1.807) is 20.4 Å². The monoisotopic (exact) mass is 315 g/mol. The van der Waals surface area contributed by atoms with Crippen molar-refractivity contribution in [1.29, 1.82) is 0 Å². The number of esters is 1. The van der Waals surface area contributed by atoms with Crippen molar-refractivity contribution < 1.29 is 19.0 Å². The molecule has 1 aliphatic rings. The molecule has 0 spiro atoms. The lowest BCUT2D eigenvalue weighted by atomic mass is 9.88. The van der Waals surface area contributed by atoms with Crippen LogP contribution >= 0.6 is 0 Å². The SMILES string of the molecule is CC[C@@H]1C(=O)OC[C@H]1Cc1nccc2cc(OC)c(OC)cc12. The van der Waals surface area contributed by atoms with Crippen molar-refractivity contribution in [2.75, 3.05) is 20.8 Å². The normalized spacial score (nSPS) is 20.6. The Hall–Kier alpha value is -2.30. The second kappa shape index (κ2) is 6.44. The maximum absolute atomic E-state index is 11.8. The smallest absolute Gasteiger partial charge is 0.309 e. The fraction of sp³-hybridized carbons (Fsp3) is 0.444. The lowest BCUT2D eigenvalue weighted by molar-refractivity contribution is -0.141. The molecule has 1 aromatic carbocycles. The average molecular weight is 315 g/mol. The molecule has 5 nitrogen and oxygen atoms in total. The van der Waals surface area contributed by atoms with Crippen molar-refractivity contribution in [3.63, 3.8) is 0 Å². The maximum Gasteiger partial charge on any atom is 0.309 e. The van der Waals surface area contributed by atoms with Crippen LogP contribution in [0, 0.1) is 11.8 Å². The number of ether oxygens (including phenoxy) is 3. The molecule has 1 aromatic heterocycles. The van der Waals surface area contributed by atoms with E-state index in [2.05, 4.69) is 4.98 Å². The first-order valence-electron chi connectivity index (χ1n) is 7.84. The second-order valence-electron chi connectivity index (χ2n) is 5.79. The van der Waals surface area contributed by atoms with E-state index in [4.69, 9.17) is 14.2 Å². The number of fused-ring (bicyclic) bond motifs is 1. The van der Waals surface area contributed by atoms with E-state index in [-0.39, 0.29) is 17.8 Å². The van der Waals surface area contributed by atoms with E-state index in [1.165, 1.54) is 0 Å². The van der Waals surface area contributed by atoms with Gasteiger partial charge in [-0.25, -0.2) is 0 Å². The molecule has 0 bridgehead atoms. The summed E-state index contributed by atoms with van der Waals surface area (Å²) >= 11 is 0. The molecule has 122 valence electrons. The van der Waals surface area contributed by atoms with E-state index >= 15 is 0 Å². The van der Waals surface area contributed by atoms with Gasteiger partial charge < -0.3 is 14.2 Å². The number of carbonyl (C=O) groups excluding carboxylic acids is 1. The Labute approximate surface area is 135 Å². The third kappa shape index (κ3) is 2.83. The molecule has 0 radical (unpaired) electrons. The number of hydrogen-bond donors (Lipinski definition) is 0. The van der Waals surface area contributed by atoms with Crippen molar-refractivity contribution in [2.24, 2.45) is 11.8 Å². The zero-order valence-electron chi connectivity index (χ0n) is 13.7. The molecule has 5 heteroatoms. The highest BCUT2D eigenvalue weighted by molar-refractivity contribution is 5.88. The van der Waals surface area contributed by atoms with Gasteiger partial charge in [0.05, 0.1) is 26.7 Å². The molecule has 0 N–H and O–H groups in total. The van der Waals surface area contributed by atoms with Gasteiger partial charge in [-0.3, -0.25) is 9.78 Å². The molecule has 1 fully saturated rings. The topological polar surface area (TPSA) is 57.7 Å². The number of rotatable bonds is 5. The predicted molar refractivity (Wildman–Crippen MR) is 86.8 cm³/mol. The molecule has 2 atom stereocenters. The third-order valence-electron chi connectivity index (χ3n) is 4.56. The Balaban J connectivity index is 1.99. The molecule has 23 heavy (non-hydrogen) atoms. The predicted octanol–water partition coefficient (Wildman–Crippen LogP) is 2.99. The summed E-state index contributed by atoms with van der Waals surface area (Å²) in [5, 5.41) is 2.07. The number of methoxy groups -OCH3 is 2. The molecule has 0 unspecified atom stereocenters. The Morgan fingerprint density at radius 2 is 2.00 bits per heavy atom. The van der Waals surface area contributed by atoms with Gasteiger partial charge >= 0.3 is 5.97 Å². The number of aromatic nitrogens is 1. The zero-order chi connectivity index (χ0) is 16.4. The van der Waals surface area contributed by atoms with Gasteiger partial charge in [-0.15, -0.1) is 0 Å². The summed E-state index contributed by atoms with van der Waals surface area (Å²) in [6, 6.07) is 5.86. The van der Waals surface area contributed by atoms with Gasteiger partial charge in [0.2, 0.25) is 0 Å². The summed E-state index contributed by atoms with van der Waals surface area (Å²) in [5.41, 5.74) is 0.963. The molecule has 0 saturated carbocycles. The summed E-state index contributed by atoms with van der Waals surface area (Å²) in [6.45, 7) is 2.50.